The van der Waals surface area contributed by atoms with E-state index in [1.165, 1.54) is 4.68 Å². The van der Waals surface area contributed by atoms with Crippen molar-refractivity contribution in [1.82, 2.24) is 14.3 Å². The minimum absolute atomic E-state index is 0.161. The molecule has 3 rings (SSSR count). The van der Waals surface area contributed by atoms with Crippen LogP contribution in [-0.4, -0.2) is 20.3 Å². The van der Waals surface area contributed by atoms with E-state index in [4.69, 9.17) is 4.74 Å². The zero-order valence-corrected chi connectivity index (χ0v) is 13.5. The first-order chi connectivity index (χ1) is 11.0. The Balaban J connectivity index is 1.74. The van der Waals surface area contributed by atoms with Crippen molar-refractivity contribution in [2.45, 2.75) is 52.6 Å². The van der Waals surface area contributed by atoms with Gasteiger partial charge in [-0.15, -0.1) is 0 Å². The molecule has 0 unspecified atom stereocenters. The number of fused-ring (bicyclic) bond motifs is 1. The zero-order chi connectivity index (χ0) is 16.4. The largest absolute Gasteiger partial charge is 0.425 e. The van der Waals surface area contributed by atoms with Crippen molar-refractivity contribution in [3.05, 3.63) is 45.6 Å². The molecule has 0 radical (unpaired) electrons. The Morgan fingerprint density at radius 2 is 2.09 bits per heavy atom. The highest BCUT2D eigenvalue weighted by Gasteiger charge is 2.18. The van der Waals surface area contributed by atoms with Gasteiger partial charge in [0.15, 0.2) is 0 Å². The topological polar surface area (TPSA) is 66.1 Å². The zero-order valence-electron chi connectivity index (χ0n) is 13.5. The maximum Gasteiger partial charge on any atom is 0.346 e. The van der Waals surface area contributed by atoms with Crippen LogP contribution in [0, 0.1) is 13.8 Å². The Hall–Kier alpha value is -2.37. The fraction of sp³-hybridized carbons (Fsp3) is 0.471. The average Bonchev–Trinajstić information content (AvgIpc) is 2.68. The van der Waals surface area contributed by atoms with Crippen molar-refractivity contribution in [3.8, 4) is 5.75 Å². The van der Waals surface area contributed by atoms with Gasteiger partial charge in [0.05, 0.1) is 0 Å². The standard InChI is InChI=1S/C17H21N3O3/c1-12-7-8-14(13(2)10-12)23-16(21)11-20-17(22)19-9-5-3-4-6-15(19)18-20/h7-8,10H,3-6,9,11H2,1-2H3. The van der Waals surface area contributed by atoms with Crippen LogP contribution < -0.4 is 10.4 Å². The summed E-state index contributed by atoms with van der Waals surface area (Å²) in [4.78, 5) is 24.4. The molecule has 0 N–H and O–H groups in total. The highest BCUT2D eigenvalue weighted by atomic mass is 16.5. The van der Waals surface area contributed by atoms with Crippen LogP contribution in [-0.2, 0) is 24.3 Å². The Kier molecular flexibility index (Phi) is 4.32. The molecule has 0 aliphatic carbocycles. The first-order valence-corrected chi connectivity index (χ1v) is 7.99. The molecule has 6 heteroatoms. The van der Waals surface area contributed by atoms with Crippen LogP contribution in [0.5, 0.6) is 5.75 Å². The molecule has 0 atom stereocenters. The minimum atomic E-state index is -0.479. The van der Waals surface area contributed by atoms with Gasteiger partial charge in [0.2, 0.25) is 0 Å². The summed E-state index contributed by atoms with van der Waals surface area (Å²) in [5.41, 5.74) is 1.78. The number of hydrogen-bond acceptors (Lipinski definition) is 4. The predicted molar refractivity (Wildman–Crippen MR) is 85.6 cm³/mol. The van der Waals surface area contributed by atoms with Crippen LogP contribution in [0.15, 0.2) is 23.0 Å². The fourth-order valence-electron chi connectivity index (χ4n) is 2.92. The number of aromatic nitrogens is 3. The molecule has 2 aromatic rings. The summed E-state index contributed by atoms with van der Waals surface area (Å²) in [6, 6.07) is 5.61. The van der Waals surface area contributed by atoms with Crippen molar-refractivity contribution < 1.29 is 9.53 Å². The number of esters is 1. The highest BCUT2D eigenvalue weighted by molar-refractivity contribution is 5.72. The van der Waals surface area contributed by atoms with Crippen molar-refractivity contribution in [2.24, 2.45) is 0 Å². The van der Waals surface area contributed by atoms with Crippen molar-refractivity contribution >= 4 is 5.97 Å². The smallest absolute Gasteiger partial charge is 0.346 e. The molecule has 122 valence electrons. The number of carbonyl (C=O) groups is 1. The van der Waals surface area contributed by atoms with E-state index < -0.39 is 5.97 Å². The summed E-state index contributed by atoms with van der Waals surface area (Å²) in [5, 5.41) is 4.29. The normalized spacial score (nSPS) is 14.2. The third-order valence-corrected chi connectivity index (χ3v) is 4.11. The lowest BCUT2D eigenvalue weighted by Crippen LogP contribution is -2.29. The van der Waals surface area contributed by atoms with E-state index in [1.54, 1.807) is 10.6 Å². The molecule has 23 heavy (non-hydrogen) atoms. The third-order valence-electron chi connectivity index (χ3n) is 4.11. The van der Waals surface area contributed by atoms with E-state index in [1.807, 2.05) is 26.0 Å². The average molecular weight is 315 g/mol. The molecule has 1 aliphatic rings. The number of rotatable bonds is 3. The van der Waals surface area contributed by atoms with Gasteiger partial charge in [-0.1, -0.05) is 24.1 Å². The summed E-state index contributed by atoms with van der Waals surface area (Å²) < 4.78 is 8.26. The molecule has 1 aliphatic heterocycles. The van der Waals surface area contributed by atoms with Crippen LogP contribution in [0.3, 0.4) is 0 Å². The van der Waals surface area contributed by atoms with E-state index in [0.717, 1.165) is 42.6 Å². The Labute approximate surface area is 134 Å². The van der Waals surface area contributed by atoms with Gasteiger partial charge in [0.25, 0.3) is 0 Å². The molecule has 0 fully saturated rings. The van der Waals surface area contributed by atoms with Crippen molar-refractivity contribution in [2.75, 3.05) is 0 Å². The maximum absolute atomic E-state index is 12.3. The first-order valence-electron chi connectivity index (χ1n) is 7.99. The lowest BCUT2D eigenvalue weighted by molar-refractivity contribution is -0.135. The molecule has 0 saturated heterocycles. The van der Waals surface area contributed by atoms with Gasteiger partial charge in [-0.2, -0.15) is 5.10 Å². The van der Waals surface area contributed by atoms with Gasteiger partial charge in [-0.05, 0) is 38.3 Å². The van der Waals surface area contributed by atoms with Crippen LogP contribution in [0.2, 0.25) is 0 Å². The second-order valence-electron chi connectivity index (χ2n) is 6.06. The Morgan fingerprint density at radius 1 is 1.26 bits per heavy atom. The molecule has 2 heterocycles. The molecule has 1 aromatic carbocycles. The van der Waals surface area contributed by atoms with E-state index in [2.05, 4.69) is 5.10 Å². The van der Waals surface area contributed by atoms with Crippen molar-refractivity contribution in [1.29, 1.82) is 0 Å². The molecule has 0 saturated carbocycles. The second kappa shape index (κ2) is 6.40. The fourth-order valence-corrected chi connectivity index (χ4v) is 2.92. The third kappa shape index (κ3) is 3.36. The van der Waals surface area contributed by atoms with Crippen molar-refractivity contribution in [3.63, 3.8) is 0 Å². The number of ether oxygens (including phenoxy) is 1. The molecule has 0 spiro atoms. The summed E-state index contributed by atoms with van der Waals surface area (Å²) in [6.07, 6.45) is 3.90. The minimum Gasteiger partial charge on any atom is -0.425 e. The summed E-state index contributed by atoms with van der Waals surface area (Å²) in [7, 11) is 0. The van der Waals surface area contributed by atoms with Crippen LogP contribution in [0.4, 0.5) is 0 Å². The number of nitrogens with zero attached hydrogens (tertiary/aromatic N) is 3. The van der Waals surface area contributed by atoms with Crippen LogP contribution in [0.1, 0.15) is 36.2 Å². The number of aryl methyl sites for hydroxylation is 3. The van der Waals surface area contributed by atoms with Gasteiger partial charge in [0.1, 0.15) is 18.1 Å². The lowest BCUT2D eigenvalue weighted by atomic mass is 10.1. The predicted octanol–water partition coefficient (Wildman–Crippen LogP) is 1.99. The van der Waals surface area contributed by atoms with Gasteiger partial charge in [-0.25, -0.2) is 14.3 Å². The molecule has 0 bridgehead atoms. The van der Waals surface area contributed by atoms with Crippen LogP contribution >= 0.6 is 0 Å². The van der Waals surface area contributed by atoms with Gasteiger partial charge in [-0.3, -0.25) is 4.57 Å². The van der Waals surface area contributed by atoms with Gasteiger partial charge in [0, 0.05) is 13.0 Å². The van der Waals surface area contributed by atoms with E-state index in [9.17, 15) is 9.59 Å². The lowest BCUT2D eigenvalue weighted by Gasteiger charge is -2.07. The first kappa shape index (κ1) is 15.5. The Bertz CT molecular complexity index is 789. The highest BCUT2D eigenvalue weighted by Crippen LogP contribution is 2.19. The molecule has 1 aromatic heterocycles. The summed E-state index contributed by atoms with van der Waals surface area (Å²) >= 11 is 0. The number of benzene rings is 1. The number of hydrogen-bond donors (Lipinski definition) is 0. The monoisotopic (exact) mass is 315 g/mol. The number of carbonyl (C=O) groups excluding carboxylic acids is 1. The maximum atomic E-state index is 12.3. The van der Waals surface area contributed by atoms with Gasteiger partial charge >= 0.3 is 11.7 Å². The van der Waals surface area contributed by atoms with Crippen LogP contribution in [0.25, 0.3) is 0 Å². The molecule has 6 nitrogen and oxygen atoms in total. The Morgan fingerprint density at radius 3 is 2.87 bits per heavy atom. The molecular weight excluding hydrogens is 294 g/mol. The van der Waals surface area contributed by atoms with E-state index in [0.29, 0.717) is 12.3 Å². The van der Waals surface area contributed by atoms with Gasteiger partial charge < -0.3 is 4.74 Å². The second-order valence-corrected chi connectivity index (χ2v) is 6.06. The van der Waals surface area contributed by atoms with E-state index in [-0.39, 0.29) is 12.2 Å². The molecular formula is C17H21N3O3. The SMILES string of the molecule is Cc1ccc(OC(=O)Cn2nc3n(c2=O)CCCCC3)c(C)c1. The summed E-state index contributed by atoms with van der Waals surface area (Å²) in [6.45, 7) is 4.39. The van der Waals surface area contributed by atoms with E-state index >= 15 is 0 Å². The molecule has 0 amide bonds. The quantitative estimate of drug-likeness (QED) is 0.642. The summed E-state index contributed by atoms with van der Waals surface area (Å²) in [5.74, 6) is 0.813.